The number of nitrogens with one attached hydrogen (secondary N) is 2. The molecule has 0 amide bonds. The molecule has 0 radical (unpaired) electrons. The molecule has 0 saturated heterocycles. The first-order chi connectivity index (χ1) is 19.8. The summed E-state index contributed by atoms with van der Waals surface area (Å²) in [5, 5.41) is 3.23. The van der Waals surface area contributed by atoms with Gasteiger partial charge in [0.05, 0.1) is 18.2 Å². The molecular formula is C34H43N3O4. The number of rotatable bonds is 6. The molecule has 2 N–H and O–H groups in total. The summed E-state index contributed by atoms with van der Waals surface area (Å²) in [6.45, 7) is 15.6. The minimum Gasteiger partial charge on any atom is -0.472 e. The summed E-state index contributed by atoms with van der Waals surface area (Å²) in [6, 6.07) is 13.7. The predicted octanol–water partition coefficient (Wildman–Crippen LogP) is 6.81. The number of carbonyl (C=O) groups excluding carboxylic acids is 1. The highest BCUT2D eigenvalue weighted by molar-refractivity contribution is 5.83. The molecule has 1 aliphatic rings. The molecular weight excluding hydrogens is 514 g/mol. The Morgan fingerprint density at radius 1 is 1.00 bits per heavy atom. The van der Waals surface area contributed by atoms with Crippen molar-refractivity contribution in [1.29, 1.82) is 0 Å². The van der Waals surface area contributed by atoms with E-state index in [9.17, 15) is 9.59 Å². The summed E-state index contributed by atoms with van der Waals surface area (Å²) < 4.78 is 6.77. The van der Waals surface area contributed by atoms with E-state index in [2.05, 4.69) is 62.3 Å². The molecule has 7 heteroatoms. The predicted molar refractivity (Wildman–Crippen MR) is 170 cm³/mol. The van der Waals surface area contributed by atoms with Crippen LogP contribution in [0.15, 0.2) is 81.3 Å². The number of carbonyl (C=O) groups is 1. The Bertz CT molecular complexity index is 1540. The number of fused-ring (bicyclic) bond motifs is 1. The number of allylic oxidation sites excluding steroid dienone is 1. The Hall–Kier alpha value is -4.23. The van der Waals surface area contributed by atoms with E-state index in [0.29, 0.717) is 5.69 Å². The van der Waals surface area contributed by atoms with E-state index in [4.69, 9.17) is 9.21 Å². The summed E-state index contributed by atoms with van der Waals surface area (Å²) in [4.78, 5) is 34.4. The van der Waals surface area contributed by atoms with E-state index in [0.717, 1.165) is 46.7 Å². The molecule has 0 fully saturated rings. The maximum Gasteiger partial charge on any atom is 0.332 e. The molecule has 0 bridgehead atoms. The van der Waals surface area contributed by atoms with Gasteiger partial charge in [0.25, 0.3) is 5.56 Å². The van der Waals surface area contributed by atoms with Crippen LogP contribution in [0, 0.1) is 12.8 Å². The number of likely N-dealkylation sites (N-methyl/N-ethyl adjacent to an activating group) is 1. The molecule has 5 rings (SSSR count). The molecule has 0 saturated carbocycles. The molecule has 218 valence electrons. The van der Waals surface area contributed by atoms with Gasteiger partial charge >= 0.3 is 5.69 Å². The molecule has 2 aromatic carbocycles. The van der Waals surface area contributed by atoms with Crippen LogP contribution in [-0.2, 0) is 11.2 Å². The van der Waals surface area contributed by atoms with Gasteiger partial charge in [0.15, 0.2) is 0 Å². The summed E-state index contributed by atoms with van der Waals surface area (Å²) in [7, 11) is 1.96. The fraction of sp³-hybridized carbons (Fsp3) is 0.324. The quantitative estimate of drug-likeness (QED) is 0.271. The zero-order chi connectivity index (χ0) is 30.5. The number of hydrogen-bond donors (Lipinski definition) is 2. The SMILES string of the molecule is C=O.CC.CCC(C)C.CNCC1=CCc2cc(-c3cc(-n4ccc(=O)[nH]c4=O)cc(-c4ccoc4)c3C)ccc21. The smallest absolute Gasteiger partial charge is 0.332 e. The third kappa shape index (κ3) is 8.14. The van der Waals surface area contributed by atoms with Gasteiger partial charge < -0.3 is 14.5 Å². The molecule has 0 spiro atoms. The average Bonchev–Trinajstić information content (AvgIpc) is 3.67. The largest absolute Gasteiger partial charge is 0.472 e. The first kappa shape index (κ1) is 33.0. The second-order valence-corrected chi connectivity index (χ2v) is 9.80. The van der Waals surface area contributed by atoms with Gasteiger partial charge in [0.1, 0.15) is 6.79 Å². The van der Waals surface area contributed by atoms with Crippen molar-refractivity contribution < 1.29 is 9.21 Å². The molecule has 0 aliphatic heterocycles. The lowest BCUT2D eigenvalue weighted by Crippen LogP contribution is -2.27. The fourth-order valence-electron chi connectivity index (χ4n) is 4.42. The maximum absolute atomic E-state index is 12.5. The van der Waals surface area contributed by atoms with Crippen molar-refractivity contribution in [2.24, 2.45) is 5.92 Å². The normalized spacial score (nSPS) is 11.3. The van der Waals surface area contributed by atoms with E-state index in [1.807, 2.05) is 45.9 Å². The van der Waals surface area contributed by atoms with Crippen LogP contribution in [0.2, 0.25) is 0 Å². The molecule has 0 unspecified atom stereocenters. The number of furan rings is 1. The second-order valence-electron chi connectivity index (χ2n) is 9.80. The molecule has 0 atom stereocenters. The van der Waals surface area contributed by atoms with Gasteiger partial charge in [0.2, 0.25) is 0 Å². The van der Waals surface area contributed by atoms with Crippen LogP contribution in [0.5, 0.6) is 0 Å². The maximum atomic E-state index is 12.5. The average molecular weight is 558 g/mol. The van der Waals surface area contributed by atoms with E-state index >= 15 is 0 Å². The van der Waals surface area contributed by atoms with Crippen molar-refractivity contribution in [2.75, 3.05) is 13.6 Å². The van der Waals surface area contributed by atoms with Gasteiger partial charge in [-0.05, 0) is 83.5 Å². The van der Waals surface area contributed by atoms with Crippen LogP contribution < -0.4 is 16.6 Å². The van der Waals surface area contributed by atoms with Crippen molar-refractivity contribution in [3.05, 3.63) is 105 Å². The summed E-state index contributed by atoms with van der Waals surface area (Å²) in [6.07, 6.45) is 9.32. The van der Waals surface area contributed by atoms with Gasteiger partial charge in [-0.25, -0.2) is 4.79 Å². The highest BCUT2D eigenvalue weighted by Crippen LogP contribution is 2.37. The second kappa shape index (κ2) is 16.1. The lowest BCUT2D eigenvalue weighted by molar-refractivity contribution is -0.0980. The highest BCUT2D eigenvalue weighted by atomic mass is 16.3. The molecule has 2 aromatic heterocycles. The van der Waals surface area contributed by atoms with E-state index in [1.54, 1.807) is 12.5 Å². The van der Waals surface area contributed by atoms with E-state index in [-0.39, 0.29) is 0 Å². The topological polar surface area (TPSA) is 97.1 Å². The zero-order valence-electron chi connectivity index (χ0n) is 25.3. The monoisotopic (exact) mass is 557 g/mol. The molecule has 1 aliphatic carbocycles. The first-order valence-corrected chi connectivity index (χ1v) is 14.1. The standard InChI is InChI=1S/C26H23N3O3.C5H12.C2H6.CH2O/c1-16-23(18-5-6-22-17(11-18)3-4-19(22)14-27-2)12-21(13-24(16)20-8-10-32-15-20)29-9-7-25(30)28-26(29)31;1-4-5(2)3;2*1-2/h4-13,15,27H,3,14H2,1-2H3,(H,28,30,31);5H,4H2,1-3H3;1-2H3;1H2. The Labute approximate surface area is 243 Å². The van der Waals surface area contributed by atoms with Crippen molar-refractivity contribution in [2.45, 2.75) is 54.4 Å². The number of hydrogen-bond acceptors (Lipinski definition) is 5. The van der Waals surface area contributed by atoms with Crippen LogP contribution in [0.4, 0.5) is 0 Å². The van der Waals surface area contributed by atoms with Crippen molar-refractivity contribution in [1.82, 2.24) is 14.9 Å². The number of aromatic amines is 1. The Kier molecular flexibility index (Phi) is 13.0. The molecule has 7 nitrogen and oxygen atoms in total. The van der Waals surface area contributed by atoms with Crippen LogP contribution >= 0.6 is 0 Å². The molecule has 2 heterocycles. The minimum atomic E-state index is -0.472. The number of benzene rings is 2. The van der Waals surface area contributed by atoms with Gasteiger partial charge in [-0.1, -0.05) is 65.3 Å². The fourth-order valence-corrected chi connectivity index (χ4v) is 4.42. The molecule has 4 aromatic rings. The van der Waals surface area contributed by atoms with Gasteiger partial charge in [-0.2, -0.15) is 0 Å². The van der Waals surface area contributed by atoms with Crippen LogP contribution in [0.25, 0.3) is 33.5 Å². The van der Waals surface area contributed by atoms with Crippen molar-refractivity contribution in [3.8, 4) is 27.9 Å². The number of nitrogens with zero attached hydrogens (tertiary/aromatic N) is 1. The molecule has 41 heavy (non-hydrogen) atoms. The summed E-state index contributed by atoms with van der Waals surface area (Å²) >= 11 is 0. The third-order valence-electron chi connectivity index (χ3n) is 6.84. The first-order valence-electron chi connectivity index (χ1n) is 14.1. The number of aromatic nitrogens is 2. The van der Waals surface area contributed by atoms with Crippen LogP contribution in [0.3, 0.4) is 0 Å². The summed E-state index contributed by atoms with van der Waals surface area (Å²) in [5.74, 6) is 0.884. The Morgan fingerprint density at radius 2 is 1.66 bits per heavy atom. The van der Waals surface area contributed by atoms with Crippen LogP contribution in [-0.4, -0.2) is 29.9 Å². The lowest BCUT2D eigenvalue weighted by Gasteiger charge is -2.16. The number of H-pyrrole nitrogens is 1. The van der Waals surface area contributed by atoms with Crippen molar-refractivity contribution >= 4 is 12.4 Å². The van der Waals surface area contributed by atoms with E-state index in [1.165, 1.54) is 40.0 Å². The lowest BCUT2D eigenvalue weighted by atomic mass is 9.91. The van der Waals surface area contributed by atoms with Gasteiger partial charge in [-0.15, -0.1) is 0 Å². The van der Waals surface area contributed by atoms with E-state index < -0.39 is 11.2 Å². The summed E-state index contributed by atoms with van der Waals surface area (Å²) in [5.41, 5.74) is 8.79. The third-order valence-corrected chi connectivity index (χ3v) is 6.84. The minimum absolute atomic E-state index is 0.419. The van der Waals surface area contributed by atoms with Crippen LogP contribution in [0.1, 0.15) is 57.7 Å². The van der Waals surface area contributed by atoms with Gasteiger partial charge in [-0.3, -0.25) is 14.3 Å². The zero-order valence-corrected chi connectivity index (χ0v) is 25.3. The Morgan fingerprint density at radius 3 is 2.22 bits per heavy atom. The highest BCUT2D eigenvalue weighted by Gasteiger charge is 2.17. The van der Waals surface area contributed by atoms with Gasteiger partial charge in [0, 0.05) is 24.4 Å². The van der Waals surface area contributed by atoms with Crippen molar-refractivity contribution in [3.63, 3.8) is 0 Å². The Balaban J connectivity index is 0.000000583.